The van der Waals surface area contributed by atoms with Crippen LogP contribution in [0, 0.1) is 6.92 Å². The molecule has 144 valence electrons. The number of nitrogens with one attached hydrogen (secondary N) is 2. The van der Waals surface area contributed by atoms with Gasteiger partial charge in [-0.1, -0.05) is 30.3 Å². The van der Waals surface area contributed by atoms with Crippen LogP contribution < -0.4 is 10.6 Å². The molecule has 0 aliphatic heterocycles. The molecule has 0 fully saturated rings. The van der Waals surface area contributed by atoms with Crippen LogP contribution in [0.15, 0.2) is 47.8 Å². The van der Waals surface area contributed by atoms with Gasteiger partial charge in [-0.05, 0) is 37.5 Å². The van der Waals surface area contributed by atoms with Crippen molar-refractivity contribution in [2.75, 3.05) is 11.9 Å². The molecule has 0 aliphatic carbocycles. The molecule has 0 unspecified atom stereocenters. The van der Waals surface area contributed by atoms with E-state index in [2.05, 4.69) is 32.7 Å². The number of carbonyl (C=O) groups excluding carboxylic acids is 2. The fourth-order valence-corrected chi connectivity index (χ4v) is 3.41. The van der Waals surface area contributed by atoms with Gasteiger partial charge >= 0.3 is 0 Å². The van der Waals surface area contributed by atoms with E-state index in [1.165, 1.54) is 23.8 Å². The van der Waals surface area contributed by atoms with Gasteiger partial charge in [0.05, 0.1) is 5.69 Å². The van der Waals surface area contributed by atoms with Gasteiger partial charge in [0.2, 0.25) is 5.91 Å². The molecule has 2 aromatic heterocycles. The highest BCUT2D eigenvalue weighted by molar-refractivity contribution is 7.14. The van der Waals surface area contributed by atoms with Crippen molar-refractivity contribution in [2.45, 2.75) is 26.7 Å². The number of aryl methyl sites for hydroxylation is 2. The molecule has 7 heteroatoms. The topological polar surface area (TPSA) is 84.0 Å². The summed E-state index contributed by atoms with van der Waals surface area (Å²) >= 11 is 1.38. The van der Waals surface area contributed by atoms with Crippen molar-refractivity contribution >= 4 is 28.3 Å². The first-order chi connectivity index (χ1) is 13.5. The summed E-state index contributed by atoms with van der Waals surface area (Å²) < 4.78 is 0. The van der Waals surface area contributed by atoms with Crippen molar-refractivity contribution in [1.82, 2.24) is 15.3 Å². The molecular formula is C21H22N4O2S. The minimum atomic E-state index is -0.265. The quantitative estimate of drug-likeness (QED) is 0.597. The molecule has 2 N–H and O–H groups in total. The summed E-state index contributed by atoms with van der Waals surface area (Å²) in [7, 11) is 0. The van der Waals surface area contributed by atoms with Crippen LogP contribution in [0.4, 0.5) is 5.13 Å². The van der Waals surface area contributed by atoms with Crippen molar-refractivity contribution in [2.24, 2.45) is 0 Å². The Bertz CT molecular complexity index is 967. The number of hydrogen-bond acceptors (Lipinski definition) is 5. The zero-order chi connectivity index (χ0) is 19.9. The van der Waals surface area contributed by atoms with Crippen molar-refractivity contribution in [3.8, 4) is 11.3 Å². The van der Waals surface area contributed by atoms with Crippen LogP contribution >= 0.6 is 11.3 Å². The van der Waals surface area contributed by atoms with Crippen LogP contribution in [0.5, 0.6) is 0 Å². The lowest BCUT2D eigenvalue weighted by Gasteiger charge is -2.04. The second-order valence-electron chi connectivity index (χ2n) is 6.44. The van der Waals surface area contributed by atoms with Crippen molar-refractivity contribution < 1.29 is 9.59 Å². The number of carbonyl (C=O) groups is 2. The summed E-state index contributed by atoms with van der Waals surface area (Å²) in [6.45, 7) is 4.06. The van der Waals surface area contributed by atoms with Crippen LogP contribution in [0.3, 0.4) is 0 Å². The standard InChI is InChI=1S/C21H22N4O2S/c1-14-5-3-7-18(23-14)20(27)25-21-24-19(13-28-21)17-10-8-16(9-11-17)6-4-12-22-15(2)26/h3,5,7-11,13H,4,6,12H2,1-2H3,(H,22,26)(H,24,25,27). The Labute approximate surface area is 168 Å². The maximum Gasteiger partial charge on any atom is 0.276 e. The number of hydrogen-bond donors (Lipinski definition) is 2. The van der Waals surface area contributed by atoms with E-state index in [0.717, 1.165) is 29.8 Å². The molecule has 0 saturated heterocycles. The molecule has 0 spiro atoms. The van der Waals surface area contributed by atoms with Crippen LogP contribution in [0.25, 0.3) is 11.3 Å². The first kappa shape index (κ1) is 19.7. The molecule has 0 aliphatic rings. The molecule has 0 atom stereocenters. The molecular weight excluding hydrogens is 372 g/mol. The Balaban J connectivity index is 1.59. The Morgan fingerprint density at radius 1 is 1.07 bits per heavy atom. The van der Waals surface area contributed by atoms with Crippen LogP contribution in [-0.4, -0.2) is 28.3 Å². The van der Waals surface area contributed by atoms with Gasteiger partial charge in [-0.2, -0.15) is 0 Å². The highest BCUT2D eigenvalue weighted by Gasteiger charge is 2.11. The molecule has 2 amide bonds. The van der Waals surface area contributed by atoms with E-state index in [-0.39, 0.29) is 11.8 Å². The highest BCUT2D eigenvalue weighted by Crippen LogP contribution is 2.25. The maximum atomic E-state index is 12.3. The van der Waals surface area contributed by atoms with E-state index < -0.39 is 0 Å². The minimum absolute atomic E-state index is 0.0000412. The maximum absolute atomic E-state index is 12.3. The fourth-order valence-electron chi connectivity index (χ4n) is 2.69. The number of aromatic nitrogens is 2. The van der Waals surface area contributed by atoms with Crippen molar-refractivity contribution in [3.05, 3.63) is 64.8 Å². The Hall–Kier alpha value is -3.06. The van der Waals surface area contributed by atoms with Gasteiger partial charge in [-0.25, -0.2) is 9.97 Å². The summed E-state index contributed by atoms with van der Waals surface area (Å²) in [5.41, 5.74) is 4.20. The van der Waals surface area contributed by atoms with Crippen LogP contribution in [0.1, 0.15) is 35.1 Å². The molecule has 2 heterocycles. The third-order valence-electron chi connectivity index (χ3n) is 4.11. The second kappa shape index (κ2) is 9.23. The zero-order valence-electron chi connectivity index (χ0n) is 15.9. The SMILES string of the molecule is CC(=O)NCCCc1ccc(-c2csc(NC(=O)c3cccc(C)n3)n2)cc1. The molecule has 0 radical (unpaired) electrons. The molecule has 1 aromatic carbocycles. The molecule has 6 nitrogen and oxygen atoms in total. The Morgan fingerprint density at radius 2 is 1.86 bits per heavy atom. The van der Waals surface area contributed by atoms with Gasteiger partial charge in [0.15, 0.2) is 5.13 Å². The number of benzene rings is 1. The van der Waals surface area contributed by atoms with Gasteiger partial charge in [0.1, 0.15) is 5.69 Å². The highest BCUT2D eigenvalue weighted by atomic mass is 32.1. The molecule has 28 heavy (non-hydrogen) atoms. The number of pyridine rings is 1. The molecule has 3 aromatic rings. The van der Waals surface area contributed by atoms with E-state index in [1.807, 2.05) is 36.6 Å². The average molecular weight is 395 g/mol. The van der Waals surface area contributed by atoms with Crippen LogP contribution in [0.2, 0.25) is 0 Å². The average Bonchev–Trinajstić information content (AvgIpc) is 3.14. The summed E-state index contributed by atoms with van der Waals surface area (Å²) in [6.07, 6.45) is 1.81. The van der Waals surface area contributed by atoms with Crippen molar-refractivity contribution in [3.63, 3.8) is 0 Å². The summed E-state index contributed by atoms with van der Waals surface area (Å²) in [6, 6.07) is 13.5. The normalized spacial score (nSPS) is 10.5. The summed E-state index contributed by atoms with van der Waals surface area (Å²) in [4.78, 5) is 31.9. The first-order valence-electron chi connectivity index (χ1n) is 9.05. The van der Waals surface area contributed by atoms with E-state index in [9.17, 15) is 9.59 Å². The van der Waals surface area contributed by atoms with Gasteiger partial charge in [0, 0.05) is 30.1 Å². The number of anilines is 1. The predicted octanol–water partition coefficient (Wildman–Crippen LogP) is 3.83. The first-order valence-corrected chi connectivity index (χ1v) is 9.93. The third-order valence-corrected chi connectivity index (χ3v) is 4.87. The van der Waals surface area contributed by atoms with Gasteiger partial charge < -0.3 is 5.32 Å². The fraction of sp³-hybridized carbons (Fsp3) is 0.238. The molecule has 0 bridgehead atoms. The minimum Gasteiger partial charge on any atom is -0.356 e. The summed E-state index contributed by atoms with van der Waals surface area (Å²) in [5.74, 6) is -0.265. The number of nitrogens with zero attached hydrogens (tertiary/aromatic N) is 2. The monoisotopic (exact) mass is 394 g/mol. The smallest absolute Gasteiger partial charge is 0.276 e. The molecule has 0 saturated carbocycles. The largest absolute Gasteiger partial charge is 0.356 e. The van der Waals surface area contributed by atoms with Gasteiger partial charge in [0.25, 0.3) is 5.91 Å². The van der Waals surface area contributed by atoms with E-state index >= 15 is 0 Å². The Kier molecular flexibility index (Phi) is 6.49. The zero-order valence-corrected chi connectivity index (χ0v) is 16.7. The van der Waals surface area contributed by atoms with Crippen molar-refractivity contribution in [1.29, 1.82) is 0 Å². The number of amides is 2. The number of rotatable bonds is 7. The predicted molar refractivity (Wildman–Crippen MR) is 111 cm³/mol. The number of thiazole rings is 1. The van der Waals surface area contributed by atoms with Crippen LogP contribution in [-0.2, 0) is 11.2 Å². The molecule has 3 rings (SSSR count). The third kappa shape index (κ3) is 5.47. The summed E-state index contributed by atoms with van der Waals surface area (Å²) in [5, 5.41) is 8.07. The lowest BCUT2D eigenvalue weighted by molar-refractivity contribution is -0.118. The van der Waals surface area contributed by atoms with E-state index in [0.29, 0.717) is 17.4 Å². The van der Waals surface area contributed by atoms with E-state index in [4.69, 9.17) is 0 Å². The lowest BCUT2D eigenvalue weighted by atomic mass is 10.1. The second-order valence-corrected chi connectivity index (χ2v) is 7.30. The Morgan fingerprint density at radius 3 is 2.57 bits per heavy atom. The lowest BCUT2D eigenvalue weighted by Crippen LogP contribution is -2.21. The van der Waals surface area contributed by atoms with Gasteiger partial charge in [-0.15, -0.1) is 11.3 Å². The van der Waals surface area contributed by atoms with E-state index in [1.54, 1.807) is 6.07 Å². The van der Waals surface area contributed by atoms with Gasteiger partial charge in [-0.3, -0.25) is 14.9 Å².